The predicted molar refractivity (Wildman–Crippen MR) is 59.7 cm³/mol. The number of halogens is 3. The third-order valence-electron chi connectivity index (χ3n) is 3.21. The van der Waals surface area contributed by atoms with Crippen molar-refractivity contribution in [2.75, 3.05) is 0 Å². The van der Waals surface area contributed by atoms with Gasteiger partial charge in [-0.25, -0.2) is 4.98 Å². The van der Waals surface area contributed by atoms with Crippen LogP contribution in [0, 0.1) is 0 Å². The molecule has 1 aromatic rings. The number of hydrogen-bond donors (Lipinski definition) is 1. The molecule has 0 aromatic carbocycles. The molecule has 6 heteroatoms. The van der Waals surface area contributed by atoms with Gasteiger partial charge in [0.05, 0.1) is 4.88 Å². The van der Waals surface area contributed by atoms with Gasteiger partial charge in [0.2, 0.25) is 0 Å². The Kier molecular flexibility index (Phi) is 2.52. The van der Waals surface area contributed by atoms with Gasteiger partial charge in [0.1, 0.15) is 0 Å². The number of nitrogens with one attached hydrogen (secondary N) is 1. The normalized spacial score (nSPS) is 28.3. The molecule has 0 radical (unpaired) electrons. The van der Waals surface area contributed by atoms with E-state index in [1.165, 1.54) is 6.20 Å². The van der Waals surface area contributed by atoms with Crippen LogP contribution in [0.25, 0.3) is 5.57 Å². The first-order chi connectivity index (χ1) is 8.02. The number of nitrogens with zero attached hydrogens (tertiary/aromatic N) is 1. The Morgan fingerprint density at radius 2 is 2.18 bits per heavy atom. The monoisotopic (exact) mass is 260 g/mol. The van der Waals surface area contributed by atoms with E-state index in [0.717, 1.165) is 36.2 Å². The van der Waals surface area contributed by atoms with Crippen molar-refractivity contribution < 1.29 is 13.2 Å². The van der Waals surface area contributed by atoms with Crippen LogP contribution in [0.1, 0.15) is 29.1 Å². The van der Waals surface area contributed by atoms with Crippen molar-refractivity contribution >= 4 is 16.9 Å². The summed E-state index contributed by atoms with van der Waals surface area (Å²) in [7, 11) is 0. The van der Waals surface area contributed by atoms with Gasteiger partial charge in [-0.1, -0.05) is 6.08 Å². The molecule has 0 saturated carbocycles. The Morgan fingerprint density at radius 1 is 1.35 bits per heavy atom. The molecule has 2 atom stereocenters. The molecule has 2 aliphatic heterocycles. The second-order valence-corrected chi connectivity index (χ2v) is 5.50. The van der Waals surface area contributed by atoms with E-state index in [2.05, 4.69) is 16.4 Å². The molecular formula is C11H11F3N2S. The molecule has 1 N–H and O–H groups in total. The molecule has 2 unspecified atom stereocenters. The summed E-state index contributed by atoms with van der Waals surface area (Å²) in [6.07, 6.45) is 2.08. The van der Waals surface area contributed by atoms with Crippen LogP contribution in [0.15, 0.2) is 12.3 Å². The first-order valence-electron chi connectivity index (χ1n) is 5.52. The highest BCUT2D eigenvalue weighted by molar-refractivity contribution is 7.12. The number of alkyl halides is 3. The Labute approximate surface area is 101 Å². The SMILES string of the molecule is FC(F)(F)c1ncc(C2=CC3CCC(C2)N3)s1. The van der Waals surface area contributed by atoms with Crippen LogP contribution in [0.3, 0.4) is 0 Å². The number of fused-ring (bicyclic) bond motifs is 2. The van der Waals surface area contributed by atoms with Crippen LogP contribution in [-0.2, 0) is 6.18 Å². The van der Waals surface area contributed by atoms with E-state index >= 15 is 0 Å². The van der Waals surface area contributed by atoms with E-state index in [4.69, 9.17) is 0 Å². The minimum atomic E-state index is -4.32. The van der Waals surface area contributed by atoms with E-state index in [9.17, 15) is 13.2 Å². The van der Waals surface area contributed by atoms with E-state index in [-0.39, 0.29) is 0 Å². The van der Waals surface area contributed by atoms with Gasteiger partial charge in [0.15, 0.2) is 5.01 Å². The lowest BCUT2D eigenvalue weighted by Crippen LogP contribution is -2.31. The van der Waals surface area contributed by atoms with Crippen LogP contribution in [-0.4, -0.2) is 17.1 Å². The summed E-state index contributed by atoms with van der Waals surface area (Å²) in [6, 6.07) is 0.761. The molecule has 0 aliphatic carbocycles. The summed E-state index contributed by atoms with van der Waals surface area (Å²) >= 11 is 0.746. The van der Waals surface area contributed by atoms with Crippen LogP contribution in [0.5, 0.6) is 0 Å². The molecule has 0 amide bonds. The molecule has 2 nitrogen and oxygen atoms in total. The van der Waals surface area contributed by atoms with Crippen LogP contribution < -0.4 is 5.32 Å². The Hall–Kier alpha value is -0.880. The molecule has 1 fully saturated rings. The Morgan fingerprint density at radius 3 is 2.82 bits per heavy atom. The second-order valence-electron chi connectivity index (χ2n) is 4.47. The van der Waals surface area contributed by atoms with Crippen molar-refractivity contribution in [2.24, 2.45) is 0 Å². The van der Waals surface area contributed by atoms with Gasteiger partial charge in [-0.2, -0.15) is 13.2 Å². The van der Waals surface area contributed by atoms with E-state index in [0.29, 0.717) is 17.0 Å². The van der Waals surface area contributed by atoms with Crippen LogP contribution in [0.2, 0.25) is 0 Å². The van der Waals surface area contributed by atoms with E-state index in [1.807, 2.05) is 0 Å². The third-order valence-corrected chi connectivity index (χ3v) is 4.33. The fourth-order valence-corrected chi connectivity index (χ4v) is 3.27. The average Bonchev–Trinajstić information content (AvgIpc) is 2.84. The Bertz CT molecular complexity index is 464. The molecule has 0 spiro atoms. The van der Waals surface area contributed by atoms with E-state index < -0.39 is 11.2 Å². The summed E-state index contributed by atoms with van der Waals surface area (Å²) in [5.41, 5.74) is 1.02. The van der Waals surface area contributed by atoms with Gasteiger partial charge in [0, 0.05) is 18.3 Å². The summed E-state index contributed by atoms with van der Waals surface area (Å²) in [6.45, 7) is 0. The lowest BCUT2D eigenvalue weighted by molar-refractivity contribution is -0.137. The van der Waals surface area contributed by atoms with Crippen molar-refractivity contribution in [3.05, 3.63) is 22.2 Å². The summed E-state index contributed by atoms with van der Waals surface area (Å²) in [5.74, 6) is 0. The molecule has 17 heavy (non-hydrogen) atoms. The van der Waals surface area contributed by atoms with Crippen molar-refractivity contribution in [3.63, 3.8) is 0 Å². The molecule has 92 valence electrons. The average molecular weight is 260 g/mol. The topological polar surface area (TPSA) is 24.9 Å². The summed E-state index contributed by atoms with van der Waals surface area (Å²) in [4.78, 5) is 4.13. The summed E-state index contributed by atoms with van der Waals surface area (Å²) < 4.78 is 37.4. The van der Waals surface area contributed by atoms with Gasteiger partial charge in [-0.05, 0) is 24.8 Å². The third kappa shape index (κ3) is 2.11. The number of aromatic nitrogens is 1. The largest absolute Gasteiger partial charge is 0.443 e. The van der Waals surface area contributed by atoms with Crippen molar-refractivity contribution in [1.29, 1.82) is 0 Å². The molecule has 1 aromatic heterocycles. The van der Waals surface area contributed by atoms with Gasteiger partial charge in [0.25, 0.3) is 0 Å². The van der Waals surface area contributed by atoms with Crippen molar-refractivity contribution in [2.45, 2.75) is 37.5 Å². The molecule has 2 bridgehead atoms. The van der Waals surface area contributed by atoms with Gasteiger partial charge >= 0.3 is 6.18 Å². The molecular weight excluding hydrogens is 249 g/mol. The zero-order valence-corrected chi connectivity index (χ0v) is 9.74. The lowest BCUT2D eigenvalue weighted by Gasteiger charge is -2.20. The molecule has 3 rings (SSSR count). The number of hydrogen-bond acceptors (Lipinski definition) is 3. The standard InChI is InChI=1S/C11H11F3N2S/c12-11(13,14)10-15-5-9(17-10)6-3-7-1-2-8(4-6)16-7/h3,5,7-8,16H,1-2,4H2. The van der Waals surface area contributed by atoms with Gasteiger partial charge in [-0.3, -0.25) is 0 Å². The minimum absolute atomic E-state index is 0.334. The quantitative estimate of drug-likeness (QED) is 0.839. The summed E-state index contributed by atoms with van der Waals surface area (Å²) in [5, 5.41) is 2.66. The smallest absolute Gasteiger partial charge is 0.307 e. The number of thiazole rings is 1. The van der Waals surface area contributed by atoms with Crippen molar-refractivity contribution in [3.8, 4) is 0 Å². The van der Waals surface area contributed by atoms with Gasteiger partial charge in [-0.15, -0.1) is 11.3 Å². The highest BCUT2D eigenvalue weighted by Crippen LogP contribution is 2.38. The zero-order valence-electron chi connectivity index (χ0n) is 8.92. The maximum Gasteiger partial charge on any atom is 0.443 e. The fraction of sp³-hybridized carbons (Fsp3) is 0.545. The highest BCUT2D eigenvalue weighted by Gasteiger charge is 2.35. The zero-order chi connectivity index (χ0) is 12.0. The Balaban J connectivity index is 1.88. The van der Waals surface area contributed by atoms with E-state index in [1.54, 1.807) is 0 Å². The minimum Gasteiger partial charge on any atom is -0.307 e. The molecule has 3 heterocycles. The molecule has 2 aliphatic rings. The van der Waals surface area contributed by atoms with Crippen LogP contribution >= 0.6 is 11.3 Å². The van der Waals surface area contributed by atoms with Crippen molar-refractivity contribution in [1.82, 2.24) is 10.3 Å². The fourth-order valence-electron chi connectivity index (χ4n) is 2.46. The molecule has 1 saturated heterocycles. The lowest BCUT2D eigenvalue weighted by atomic mass is 10.0. The maximum absolute atomic E-state index is 12.5. The second kappa shape index (κ2) is 3.81. The number of rotatable bonds is 1. The highest BCUT2D eigenvalue weighted by atomic mass is 32.1. The first kappa shape index (κ1) is 11.2. The maximum atomic E-state index is 12.5. The van der Waals surface area contributed by atoms with Gasteiger partial charge < -0.3 is 5.32 Å². The first-order valence-corrected chi connectivity index (χ1v) is 6.34. The van der Waals surface area contributed by atoms with Crippen LogP contribution in [0.4, 0.5) is 13.2 Å². The predicted octanol–water partition coefficient (Wildman–Crippen LogP) is 3.07.